The molecule has 4 unspecified atom stereocenters. The lowest BCUT2D eigenvalue weighted by molar-refractivity contribution is -0.174. The molecule has 0 spiro atoms. The van der Waals surface area contributed by atoms with Crippen LogP contribution in [-0.2, 0) is 33.3 Å². The summed E-state index contributed by atoms with van der Waals surface area (Å²) in [5.74, 6) is -0.874. The highest BCUT2D eigenvalue weighted by Gasteiger charge is 2.52. The van der Waals surface area contributed by atoms with Crippen LogP contribution < -0.4 is 5.73 Å². The maximum absolute atomic E-state index is 12.2. The molecule has 4 atom stereocenters. The van der Waals surface area contributed by atoms with Crippen molar-refractivity contribution < 1.29 is 38.1 Å². The predicted octanol–water partition coefficient (Wildman–Crippen LogP) is 1.07. The summed E-state index contributed by atoms with van der Waals surface area (Å²) in [5, 5.41) is 10.7. The number of nitrogens with two attached hydrogens (primary N) is 1. The summed E-state index contributed by atoms with van der Waals surface area (Å²) in [6.07, 6.45) is -3.91. The van der Waals surface area contributed by atoms with Crippen molar-refractivity contribution >= 4 is 29.4 Å². The van der Waals surface area contributed by atoms with Crippen molar-refractivity contribution in [3.63, 3.8) is 0 Å². The third-order valence-electron chi connectivity index (χ3n) is 4.88. The van der Waals surface area contributed by atoms with Crippen molar-refractivity contribution in [3.05, 3.63) is 24.2 Å². The van der Waals surface area contributed by atoms with E-state index in [1.807, 2.05) is 0 Å². The minimum Gasteiger partial charge on any atom is -0.455 e. The van der Waals surface area contributed by atoms with E-state index in [1.54, 1.807) is 26.0 Å². The van der Waals surface area contributed by atoms with Crippen molar-refractivity contribution in [1.82, 2.24) is 14.6 Å². The Morgan fingerprint density at radius 3 is 2.58 bits per heavy atom. The van der Waals surface area contributed by atoms with Crippen LogP contribution in [0.2, 0.25) is 0 Å². The number of nitrogens with zero attached hydrogens (tertiary/aromatic N) is 4. The second-order valence-electron chi connectivity index (χ2n) is 7.43. The van der Waals surface area contributed by atoms with E-state index in [0.29, 0.717) is 11.2 Å². The number of rotatable bonds is 4. The summed E-state index contributed by atoms with van der Waals surface area (Å²) >= 11 is 0. The van der Waals surface area contributed by atoms with Gasteiger partial charge in [-0.1, -0.05) is 0 Å². The predicted molar refractivity (Wildman–Crippen MR) is 108 cm³/mol. The first kappa shape index (κ1) is 23.7. The fraction of sp³-hybridized carbons (Fsp3) is 0.500. The van der Waals surface area contributed by atoms with Gasteiger partial charge < -0.3 is 29.4 Å². The summed E-state index contributed by atoms with van der Waals surface area (Å²) in [6, 6.07) is 3.40. The molecule has 13 nitrogen and oxygen atoms in total. The van der Waals surface area contributed by atoms with E-state index in [1.165, 1.54) is 10.8 Å². The summed E-state index contributed by atoms with van der Waals surface area (Å²) in [6.45, 7) is 6.59. The Morgan fingerprint density at radius 1 is 1.24 bits per heavy atom. The summed E-state index contributed by atoms with van der Waals surface area (Å²) in [7, 11) is 0. The lowest BCUT2D eigenvalue weighted by Crippen LogP contribution is -2.42. The zero-order valence-electron chi connectivity index (χ0n) is 17.9. The molecule has 33 heavy (non-hydrogen) atoms. The van der Waals surface area contributed by atoms with Crippen LogP contribution in [0.3, 0.4) is 0 Å². The van der Waals surface area contributed by atoms with Gasteiger partial charge in [-0.15, -0.1) is 0 Å². The van der Waals surface area contributed by atoms with Crippen LogP contribution in [0, 0.1) is 11.8 Å². The number of hydrogen-bond acceptors (Lipinski definition) is 12. The number of esters is 2. The largest absolute Gasteiger partial charge is 0.508 e. The molecule has 0 bridgehead atoms. The number of anilines is 1. The molecule has 4 heterocycles. The van der Waals surface area contributed by atoms with E-state index >= 15 is 0 Å². The number of ether oxygens (including phenoxy) is 5. The fourth-order valence-corrected chi connectivity index (χ4v) is 3.56. The Labute approximate surface area is 188 Å². The second kappa shape index (κ2) is 10.1. The fourth-order valence-electron chi connectivity index (χ4n) is 3.56. The van der Waals surface area contributed by atoms with Crippen LogP contribution in [0.15, 0.2) is 18.5 Å². The zero-order valence-corrected chi connectivity index (χ0v) is 17.9. The second-order valence-corrected chi connectivity index (χ2v) is 7.43. The standard InChI is InChI=1S/C19H22N4O8.CHN/c1-9(2)28-19(26)27-7-12-16-17(31-14(25)6-5-13(24)30-16)15(29-12)10-3-4-11-18(20)21-8-22-23(10)11;1-2/h3-4,8-9,12,15-17H,5-7H2,1-2H3,(H2,20,21,22);1H. The third-order valence-corrected chi connectivity index (χ3v) is 4.88. The maximum atomic E-state index is 12.2. The molecule has 0 aromatic carbocycles. The number of fused-ring (bicyclic) bond motifs is 2. The van der Waals surface area contributed by atoms with E-state index in [2.05, 4.69) is 16.7 Å². The molecule has 2 aliphatic heterocycles. The molecule has 13 heteroatoms. The molecule has 2 aromatic rings. The SMILES string of the molecule is C#N.CC(C)OC(=O)OCC1OC(c2ccc3c(N)ncnn23)C2OC(=O)CCC(=O)OC12. The van der Waals surface area contributed by atoms with Gasteiger partial charge in [-0.2, -0.15) is 5.10 Å². The molecule has 176 valence electrons. The van der Waals surface area contributed by atoms with E-state index < -0.39 is 42.5 Å². The highest BCUT2D eigenvalue weighted by atomic mass is 16.7. The van der Waals surface area contributed by atoms with Crippen LogP contribution >= 0.6 is 0 Å². The van der Waals surface area contributed by atoms with Gasteiger partial charge in [-0.25, -0.2) is 19.6 Å². The Kier molecular flexibility index (Phi) is 7.29. The molecule has 2 N–H and O–H groups in total. The van der Waals surface area contributed by atoms with Crippen molar-refractivity contribution in [3.8, 4) is 6.57 Å². The van der Waals surface area contributed by atoms with Gasteiger partial charge in [0.1, 0.15) is 30.7 Å². The number of nitrogen functional groups attached to an aromatic ring is 1. The molecule has 0 saturated carbocycles. The Morgan fingerprint density at radius 2 is 1.91 bits per heavy atom. The third kappa shape index (κ3) is 5.12. The molecule has 2 aromatic heterocycles. The van der Waals surface area contributed by atoms with E-state index in [4.69, 9.17) is 34.7 Å². The van der Waals surface area contributed by atoms with Crippen molar-refractivity contribution in [2.45, 2.75) is 57.2 Å². The quantitative estimate of drug-likeness (QED) is 0.506. The van der Waals surface area contributed by atoms with Gasteiger partial charge in [0.05, 0.1) is 24.6 Å². The molecule has 0 aliphatic carbocycles. The molecule has 2 fully saturated rings. The van der Waals surface area contributed by atoms with E-state index in [-0.39, 0.29) is 31.4 Å². The smallest absolute Gasteiger partial charge is 0.455 e. The normalized spacial score (nSPS) is 24.5. The van der Waals surface area contributed by atoms with Gasteiger partial charge in [-0.3, -0.25) is 9.59 Å². The minimum atomic E-state index is -0.988. The van der Waals surface area contributed by atoms with Gasteiger partial charge >= 0.3 is 18.1 Å². The van der Waals surface area contributed by atoms with Gasteiger partial charge in [-0.05, 0) is 26.0 Å². The van der Waals surface area contributed by atoms with Crippen LogP contribution in [-0.4, -0.2) is 63.7 Å². The lowest BCUT2D eigenvalue weighted by atomic mass is 10.0. The van der Waals surface area contributed by atoms with Gasteiger partial charge in [0.2, 0.25) is 0 Å². The highest BCUT2D eigenvalue weighted by molar-refractivity contribution is 5.78. The first-order valence-electron chi connectivity index (χ1n) is 10.0. The maximum Gasteiger partial charge on any atom is 0.508 e. The summed E-state index contributed by atoms with van der Waals surface area (Å²) < 4.78 is 28.7. The molecular weight excluding hydrogens is 438 g/mol. The monoisotopic (exact) mass is 461 g/mol. The molecule has 0 radical (unpaired) electrons. The minimum absolute atomic E-state index is 0.110. The Hall–Kier alpha value is -3.92. The number of hydrogen-bond donors (Lipinski definition) is 1. The van der Waals surface area contributed by atoms with Gasteiger partial charge in [0, 0.05) is 6.57 Å². The average molecular weight is 461 g/mol. The van der Waals surface area contributed by atoms with Crippen molar-refractivity contribution in [2.75, 3.05) is 12.3 Å². The zero-order chi connectivity index (χ0) is 24.1. The van der Waals surface area contributed by atoms with Gasteiger partial charge in [0.25, 0.3) is 0 Å². The average Bonchev–Trinajstić information content (AvgIpc) is 3.33. The number of carbonyl (C=O) groups excluding carboxylic acids is 3. The summed E-state index contributed by atoms with van der Waals surface area (Å²) in [5.41, 5.74) is 6.94. The van der Waals surface area contributed by atoms with E-state index in [9.17, 15) is 14.4 Å². The number of carbonyl (C=O) groups is 3. The number of nitriles is 1. The lowest BCUT2D eigenvalue weighted by Gasteiger charge is -2.26. The van der Waals surface area contributed by atoms with Crippen molar-refractivity contribution in [2.24, 2.45) is 0 Å². The molecule has 2 aliphatic rings. The molecule has 4 rings (SSSR count). The van der Waals surface area contributed by atoms with Crippen LogP contribution in [0.4, 0.5) is 10.6 Å². The first-order chi connectivity index (χ1) is 15.8. The van der Waals surface area contributed by atoms with Crippen LogP contribution in [0.1, 0.15) is 38.5 Å². The highest BCUT2D eigenvalue weighted by Crippen LogP contribution is 2.39. The Bertz CT molecular complexity index is 1050. The number of aromatic nitrogens is 3. The Balaban J connectivity index is 0.00000149. The molecule has 2 saturated heterocycles. The summed E-state index contributed by atoms with van der Waals surface area (Å²) in [4.78, 5) is 40.1. The van der Waals surface area contributed by atoms with E-state index in [0.717, 1.165) is 0 Å². The first-order valence-corrected chi connectivity index (χ1v) is 10.0. The van der Waals surface area contributed by atoms with Gasteiger partial charge in [0.15, 0.2) is 18.0 Å². The van der Waals surface area contributed by atoms with Crippen molar-refractivity contribution in [1.29, 1.82) is 5.26 Å². The van der Waals surface area contributed by atoms with Crippen LogP contribution in [0.5, 0.6) is 0 Å². The van der Waals surface area contributed by atoms with Crippen LogP contribution in [0.25, 0.3) is 5.52 Å². The topological polar surface area (TPSA) is 177 Å². The molecule has 0 amide bonds. The molecular formula is C20H23N5O8.